The number of nitriles is 1. The molecule has 0 spiro atoms. The first-order valence-corrected chi connectivity index (χ1v) is 4.74. The van der Waals surface area contributed by atoms with Gasteiger partial charge in [0, 0.05) is 12.3 Å². The van der Waals surface area contributed by atoms with E-state index in [4.69, 9.17) is 5.26 Å². The van der Waals surface area contributed by atoms with Crippen molar-refractivity contribution in [1.82, 2.24) is 4.90 Å². The van der Waals surface area contributed by atoms with Gasteiger partial charge < -0.3 is 0 Å². The van der Waals surface area contributed by atoms with Crippen LogP contribution in [0.25, 0.3) is 0 Å². The number of rotatable bonds is 2. The van der Waals surface area contributed by atoms with E-state index in [0.717, 1.165) is 4.90 Å². The fourth-order valence-corrected chi connectivity index (χ4v) is 1.59. The van der Waals surface area contributed by atoms with Gasteiger partial charge in [-0.3, -0.25) is 14.5 Å². The molecule has 0 aromatic heterocycles. The zero-order valence-corrected chi connectivity index (χ0v) is 8.70. The van der Waals surface area contributed by atoms with Crippen LogP contribution in [0, 0.1) is 17.2 Å². The lowest BCUT2D eigenvalue weighted by Crippen LogP contribution is -2.48. The molecule has 4 heteroatoms. The molecule has 1 rings (SSSR count). The van der Waals surface area contributed by atoms with E-state index in [9.17, 15) is 9.59 Å². The summed E-state index contributed by atoms with van der Waals surface area (Å²) in [5.74, 6) is -0.726. The fourth-order valence-electron chi connectivity index (χ4n) is 1.59. The third kappa shape index (κ3) is 1.39. The van der Waals surface area contributed by atoms with Gasteiger partial charge in [0.2, 0.25) is 11.8 Å². The normalized spacial score (nSPS) is 26.1. The summed E-state index contributed by atoms with van der Waals surface area (Å²) in [5, 5.41) is 8.97. The van der Waals surface area contributed by atoms with Crippen molar-refractivity contribution in [3.8, 4) is 6.07 Å². The van der Waals surface area contributed by atoms with Crippen LogP contribution >= 0.6 is 0 Å². The minimum atomic E-state index is -0.973. The third-order valence-corrected chi connectivity index (χ3v) is 2.79. The first-order valence-electron chi connectivity index (χ1n) is 4.74. The number of hydrogen-bond acceptors (Lipinski definition) is 3. The average molecular weight is 194 g/mol. The number of imide groups is 1. The molecular formula is C10H14N2O2. The van der Waals surface area contributed by atoms with Gasteiger partial charge in [0.1, 0.15) is 5.54 Å². The number of likely N-dealkylation sites (tertiary alicyclic amines) is 1. The Balaban J connectivity index is 3.04. The molecule has 76 valence electrons. The molecule has 0 radical (unpaired) electrons. The van der Waals surface area contributed by atoms with E-state index >= 15 is 0 Å². The molecule has 0 saturated carbocycles. The molecule has 1 heterocycles. The summed E-state index contributed by atoms with van der Waals surface area (Å²) in [6.45, 7) is 5.14. The second kappa shape index (κ2) is 3.41. The summed E-state index contributed by atoms with van der Waals surface area (Å²) >= 11 is 0. The summed E-state index contributed by atoms with van der Waals surface area (Å²) in [5.41, 5.74) is -0.973. The van der Waals surface area contributed by atoms with Gasteiger partial charge in [0.25, 0.3) is 0 Å². The number of carbonyl (C=O) groups is 2. The summed E-state index contributed by atoms with van der Waals surface area (Å²) in [6, 6.07) is 2.04. The van der Waals surface area contributed by atoms with Crippen LogP contribution in [0.1, 0.15) is 33.6 Å². The quantitative estimate of drug-likeness (QED) is 0.618. The lowest BCUT2D eigenvalue weighted by Gasteiger charge is -2.29. The van der Waals surface area contributed by atoms with Crippen LogP contribution in [0.3, 0.4) is 0 Å². The van der Waals surface area contributed by atoms with Crippen LogP contribution in [0.4, 0.5) is 0 Å². The van der Waals surface area contributed by atoms with E-state index < -0.39 is 5.54 Å². The van der Waals surface area contributed by atoms with E-state index in [1.165, 1.54) is 0 Å². The first kappa shape index (κ1) is 10.7. The number of nitrogens with zero attached hydrogens (tertiary/aromatic N) is 2. The highest BCUT2D eigenvalue weighted by Crippen LogP contribution is 2.28. The molecule has 1 fully saturated rings. The lowest BCUT2D eigenvalue weighted by molar-refractivity contribution is -0.144. The van der Waals surface area contributed by atoms with Crippen LogP contribution < -0.4 is 0 Å². The smallest absolute Gasteiger partial charge is 0.233 e. The van der Waals surface area contributed by atoms with Gasteiger partial charge in [-0.1, -0.05) is 13.8 Å². The zero-order valence-electron chi connectivity index (χ0n) is 8.70. The van der Waals surface area contributed by atoms with Gasteiger partial charge in [0.15, 0.2) is 0 Å². The van der Waals surface area contributed by atoms with Crippen molar-refractivity contribution in [3.05, 3.63) is 0 Å². The maximum absolute atomic E-state index is 11.6. The molecule has 1 saturated heterocycles. The van der Waals surface area contributed by atoms with Crippen LogP contribution in [-0.2, 0) is 9.59 Å². The van der Waals surface area contributed by atoms with Gasteiger partial charge in [-0.25, -0.2) is 0 Å². The molecule has 0 aromatic carbocycles. The first-order chi connectivity index (χ1) is 6.46. The van der Waals surface area contributed by atoms with Crippen LogP contribution in [0.15, 0.2) is 0 Å². The summed E-state index contributed by atoms with van der Waals surface area (Å²) in [7, 11) is 0. The Labute approximate surface area is 83.5 Å². The predicted octanol–water partition coefficient (Wildman–Crippen LogP) is 1.07. The van der Waals surface area contributed by atoms with Gasteiger partial charge in [-0.05, 0) is 13.3 Å². The molecule has 0 N–H and O–H groups in total. The Morgan fingerprint density at radius 2 is 2.21 bits per heavy atom. The van der Waals surface area contributed by atoms with E-state index in [2.05, 4.69) is 0 Å². The Morgan fingerprint density at radius 1 is 1.64 bits per heavy atom. The van der Waals surface area contributed by atoms with Gasteiger partial charge in [-0.2, -0.15) is 5.26 Å². The van der Waals surface area contributed by atoms with Crippen LogP contribution in [-0.4, -0.2) is 22.3 Å². The summed E-state index contributed by atoms with van der Waals surface area (Å²) in [6.07, 6.45) is 0.698. The number of hydrogen-bond donors (Lipinski definition) is 0. The van der Waals surface area contributed by atoms with Gasteiger partial charge >= 0.3 is 0 Å². The molecular weight excluding hydrogens is 180 g/mol. The molecule has 14 heavy (non-hydrogen) atoms. The lowest BCUT2D eigenvalue weighted by atomic mass is 9.99. The average Bonchev–Trinajstić information content (AvgIpc) is 2.41. The molecule has 0 bridgehead atoms. The summed E-state index contributed by atoms with van der Waals surface area (Å²) in [4.78, 5) is 24.3. The van der Waals surface area contributed by atoms with Crippen molar-refractivity contribution in [2.45, 2.75) is 39.2 Å². The molecule has 4 nitrogen and oxygen atoms in total. The maximum Gasteiger partial charge on any atom is 0.233 e. The summed E-state index contributed by atoms with van der Waals surface area (Å²) < 4.78 is 0. The molecule has 0 aliphatic carbocycles. The molecule has 2 atom stereocenters. The monoisotopic (exact) mass is 194 g/mol. The Morgan fingerprint density at radius 3 is 2.50 bits per heavy atom. The molecule has 1 aliphatic rings. The fraction of sp³-hybridized carbons (Fsp3) is 0.700. The Bertz CT molecular complexity index is 319. The highest BCUT2D eigenvalue weighted by molar-refractivity contribution is 6.04. The minimum absolute atomic E-state index is 0.221. The van der Waals surface area contributed by atoms with E-state index in [0.29, 0.717) is 6.42 Å². The van der Waals surface area contributed by atoms with Crippen molar-refractivity contribution in [3.63, 3.8) is 0 Å². The SMILES string of the molecule is CCC(C)(C#N)N1C(=O)CC(C)C1=O. The standard InChI is InChI=1S/C10H14N2O2/c1-4-10(3,6-11)12-8(13)5-7(2)9(12)14/h7H,4-5H2,1-3H3. The Hall–Kier alpha value is -1.37. The van der Waals surface area contributed by atoms with E-state index in [1.807, 2.05) is 6.07 Å². The molecule has 2 unspecified atom stereocenters. The largest absolute Gasteiger partial charge is 0.274 e. The van der Waals surface area contributed by atoms with Gasteiger partial charge in [0.05, 0.1) is 6.07 Å². The van der Waals surface area contributed by atoms with Gasteiger partial charge in [-0.15, -0.1) is 0 Å². The molecule has 1 aliphatic heterocycles. The van der Waals surface area contributed by atoms with Crippen molar-refractivity contribution in [1.29, 1.82) is 5.26 Å². The van der Waals surface area contributed by atoms with Crippen molar-refractivity contribution >= 4 is 11.8 Å². The van der Waals surface area contributed by atoms with Crippen molar-refractivity contribution < 1.29 is 9.59 Å². The topological polar surface area (TPSA) is 61.2 Å². The Kier molecular flexibility index (Phi) is 2.61. The van der Waals surface area contributed by atoms with Crippen LogP contribution in [0.5, 0.6) is 0 Å². The van der Waals surface area contributed by atoms with Crippen molar-refractivity contribution in [2.75, 3.05) is 0 Å². The minimum Gasteiger partial charge on any atom is -0.274 e. The highest BCUT2D eigenvalue weighted by Gasteiger charge is 2.45. The van der Waals surface area contributed by atoms with E-state index in [-0.39, 0.29) is 24.2 Å². The molecule has 2 amide bonds. The number of amides is 2. The van der Waals surface area contributed by atoms with E-state index in [1.54, 1.807) is 20.8 Å². The third-order valence-electron chi connectivity index (χ3n) is 2.79. The predicted molar refractivity (Wildman–Crippen MR) is 49.9 cm³/mol. The number of carbonyl (C=O) groups excluding carboxylic acids is 2. The molecule has 0 aromatic rings. The second-order valence-electron chi connectivity index (χ2n) is 3.91. The van der Waals surface area contributed by atoms with Crippen LogP contribution in [0.2, 0.25) is 0 Å². The highest BCUT2D eigenvalue weighted by atomic mass is 16.2. The van der Waals surface area contributed by atoms with Crippen molar-refractivity contribution in [2.24, 2.45) is 5.92 Å². The maximum atomic E-state index is 11.6. The second-order valence-corrected chi connectivity index (χ2v) is 3.91. The zero-order chi connectivity index (χ0) is 10.9.